The van der Waals surface area contributed by atoms with Gasteiger partial charge in [-0.25, -0.2) is 0 Å². The SMILES string of the molecule is [N-]=[N+]=NCCCCCc1cc(CCCCCCC(=O)S)c(CCCCCCC(=O)S)cc1CCCCCO. The van der Waals surface area contributed by atoms with Gasteiger partial charge in [-0.2, -0.15) is 0 Å². The van der Waals surface area contributed by atoms with Crippen LogP contribution in [0.3, 0.4) is 0 Å². The van der Waals surface area contributed by atoms with E-state index in [1.54, 1.807) is 0 Å². The van der Waals surface area contributed by atoms with Crippen LogP contribution in [-0.4, -0.2) is 28.5 Å². The first-order valence-electron chi connectivity index (χ1n) is 14.7. The molecular formula is C30H49N3O3S2. The van der Waals surface area contributed by atoms with Gasteiger partial charge in [0.25, 0.3) is 0 Å². The van der Waals surface area contributed by atoms with Gasteiger partial charge in [-0.1, -0.05) is 55.8 Å². The van der Waals surface area contributed by atoms with Crippen LogP contribution in [0.15, 0.2) is 17.2 Å². The van der Waals surface area contributed by atoms with Gasteiger partial charge in [0.2, 0.25) is 0 Å². The van der Waals surface area contributed by atoms with E-state index in [2.05, 4.69) is 47.4 Å². The van der Waals surface area contributed by atoms with Crippen LogP contribution in [0.1, 0.15) is 125 Å². The van der Waals surface area contributed by atoms with Gasteiger partial charge in [-0.15, -0.1) is 25.3 Å². The summed E-state index contributed by atoms with van der Waals surface area (Å²) in [6, 6.07) is 4.92. The highest BCUT2D eigenvalue weighted by Crippen LogP contribution is 2.25. The van der Waals surface area contributed by atoms with Crippen molar-refractivity contribution in [2.24, 2.45) is 5.11 Å². The second-order valence-corrected chi connectivity index (χ2v) is 11.3. The summed E-state index contributed by atoms with van der Waals surface area (Å²) in [4.78, 5) is 25.0. The number of azide groups is 1. The summed E-state index contributed by atoms with van der Waals surface area (Å²) in [5, 5.41) is 12.8. The Balaban J connectivity index is 2.90. The van der Waals surface area contributed by atoms with Gasteiger partial charge < -0.3 is 5.11 Å². The summed E-state index contributed by atoms with van der Waals surface area (Å²) in [5.74, 6) is 0. The molecule has 0 saturated heterocycles. The van der Waals surface area contributed by atoms with Crippen molar-refractivity contribution < 1.29 is 14.7 Å². The van der Waals surface area contributed by atoms with Crippen molar-refractivity contribution in [1.29, 1.82) is 0 Å². The van der Waals surface area contributed by atoms with Crippen molar-refractivity contribution in [3.05, 3.63) is 44.8 Å². The largest absolute Gasteiger partial charge is 0.396 e. The molecule has 0 unspecified atom stereocenters. The second-order valence-electron chi connectivity index (χ2n) is 10.3. The topological polar surface area (TPSA) is 103 Å². The molecule has 8 heteroatoms. The van der Waals surface area contributed by atoms with E-state index < -0.39 is 0 Å². The molecule has 0 aromatic heterocycles. The van der Waals surface area contributed by atoms with Gasteiger partial charge >= 0.3 is 0 Å². The van der Waals surface area contributed by atoms with Crippen molar-refractivity contribution in [2.45, 2.75) is 128 Å². The van der Waals surface area contributed by atoms with Crippen LogP contribution < -0.4 is 0 Å². The molecule has 38 heavy (non-hydrogen) atoms. The van der Waals surface area contributed by atoms with Gasteiger partial charge in [-0.3, -0.25) is 9.59 Å². The Morgan fingerprint density at radius 1 is 0.632 bits per heavy atom. The number of aliphatic hydroxyl groups excluding tert-OH is 1. The fraction of sp³-hybridized carbons (Fsp3) is 0.733. The van der Waals surface area contributed by atoms with Gasteiger partial charge in [0.05, 0.1) is 0 Å². The molecule has 1 aromatic carbocycles. The van der Waals surface area contributed by atoms with Crippen molar-refractivity contribution in [3.8, 4) is 0 Å². The molecule has 0 aliphatic rings. The summed E-state index contributed by atoms with van der Waals surface area (Å²) in [6.07, 6.45) is 19.8. The average Bonchev–Trinajstić information content (AvgIpc) is 2.88. The molecule has 0 heterocycles. The van der Waals surface area contributed by atoms with E-state index in [1.807, 2.05) is 0 Å². The lowest BCUT2D eigenvalue weighted by Crippen LogP contribution is -2.04. The number of hydrogen-bond donors (Lipinski definition) is 3. The van der Waals surface area contributed by atoms with E-state index in [4.69, 9.17) is 5.53 Å². The monoisotopic (exact) mass is 563 g/mol. The predicted octanol–water partition coefficient (Wildman–Crippen LogP) is 8.31. The zero-order valence-corrected chi connectivity index (χ0v) is 25.0. The normalized spacial score (nSPS) is 10.9. The quantitative estimate of drug-likeness (QED) is 0.0366. The number of rotatable bonds is 25. The number of hydrogen-bond acceptors (Lipinski definition) is 4. The molecule has 0 atom stereocenters. The molecule has 0 saturated carbocycles. The molecule has 0 radical (unpaired) electrons. The highest BCUT2D eigenvalue weighted by Gasteiger charge is 2.11. The van der Waals surface area contributed by atoms with Crippen molar-refractivity contribution in [3.63, 3.8) is 0 Å². The number of thiol groups is 2. The van der Waals surface area contributed by atoms with Gasteiger partial charge in [-0.05, 0) is 105 Å². The molecule has 214 valence electrons. The maximum atomic E-state index is 11.1. The highest BCUT2D eigenvalue weighted by molar-refractivity contribution is 7.96. The molecule has 1 aromatic rings. The van der Waals surface area contributed by atoms with E-state index in [0.29, 0.717) is 19.4 Å². The first-order chi connectivity index (χ1) is 18.5. The Bertz CT molecular complexity index is 857. The number of nitrogens with zero attached hydrogens (tertiary/aromatic N) is 3. The van der Waals surface area contributed by atoms with Gasteiger partial charge in [0.15, 0.2) is 10.2 Å². The molecule has 0 bridgehead atoms. The number of carbonyl (C=O) groups excluding carboxylic acids is 2. The van der Waals surface area contributed by atoms with Crippen LogP contribution in [0.4, 0.5) is 0 Å². The molecular weight excluding hydrogens is 514 g/mol. The number of aliphatic hydroxyl groups is 1. The molecule has 1 rings (SSSR count). The smallest absolute Gasteiger partial charge is 0.185 e. The summed E-state index contributed by atoms with van der Waals surface area (Å²) in [6.45, 7) is 0.818. The van der Waals surface area contributed by atoms with E-state index in [9.17, 15) is 14.7 Å². The van der Waals surface area contributed by atoms with Crippen LogP contribution in [-0.2, 0) is 35.3 Å². The Kier molecular flexibility index (Phi) is 21.3. The Labute approximate surface area is 241 Å². The fourth-order valence-electron chi connectivity index (χ4n) is 4.94. The third-order valence-corrected chi connectivity index (χ3v) is 7.51. The number of aryl methyl sites for hydroxylation is 4. The van der Waals surface area contributed by atoms with Crippen molar-refractivity contribution in [2.75, 3.05) is 13.2 Å². The van der Waals surface area contributed by atoms with Crippen LogP contribution in [0.2, 0.25) is 0 Å². The Morgan fingerprint density at radius 3 is 1.37 bits per heavy atom. The molecule has 0 spiro atoms. The average molecular weight is 564 g/mol. The van der Waals surface area contributed by atoms with Crippen LogP contribution in [0.5, 0.6) is 0 Å². The summed E-state index contributed by atoms with van der Waals surface area (Å²) >= 11 is 7.75. The molecule has 0 amide bonds. The molecule has 0 aliphatic carbocycles. The third-order valence-electron chi connectivity index (χ3n) is 7.07. The molecule has 1 N–H and O–H groups in total. The minimum atomic E-state index is -0.0235. The standard InChI is InChI=1S/C30H49N3O3S2/c31-33-32-21-13-5-9-17-27-23-25(15-7-1-3-11-19-29(35)37)26(16-8-2-4-12-20-30(36)38)24-28(27)18-10-6-14-22-34/h23-24,34H,1-22H2,(H,35,37)(H,36,38). The number of carbonyl (C=O) groups is 2. The molecule has 6 nitrogen and oxygen atoms in total. The zero-order chi connectivity index (χ0) is 27.8. The van der Waals surface area contributed by atoms with E-state index in [0.717, 1.165) is 116 Å². The first kappa shape index (κ1) is 34.6. The maximum absolute atomic E-state index is 11.1. The Hall–Kier alpha value is -1.47. The van der Waals surface area contributed by atoms with E-state index in [1.165, 1.54) is 22.3 Å². The van der Waals surface area contributed by atoms with E-state index in [-0.39, 0.29) is 16.8 Å². The number of benzene rings is 1. The second kappa shape index (κ2) is 23.4. The molecule has 0 aliphatic heterocycles. The summed E-state index contributed by atoms with van der Waals surface area (Å²) in [5.41, 5.74) is 14.3. The highest BCUT2D eigenvalue weighted by atomic mass is 32.1. The van der Waals surface area contributed by atoms with E-state index >= 15 is 0 Å². The molecule has 0 fully saturated rings. The van der Waals surface area contributed by atoms with Crippen molar-refractivity contribution >= 4 is 35.5 Å². The Morgan fingerprint density at radius 2 is 1.00 bits per heavy atom. The maximum Gasteiger partial charge on any atom is 0.185 e. The summed E-state index contributed by atoms with van der Waals surface area (Å²) in [7, 11) is 0. The van der Waals surface area contributed by atoms with Gasteiger partial charge in [0, 0.05) is 30.9 Å². The van der Waals surface area contributed by atoms with Crippen LogP contribution in [0, 0.1) is 0 Å². The minimum absolute atomic E-state index is 0.0229. The fourth-order valence-corrected chi connectivity index (χ4v) is 5.25. The van der Waals surface area contributed by atoms with Crippen LogP contribution in [0.25, 0.3) is 10.4 Å². The predicted molar refractivity (Wildman–Crippen MR) is 164 cm³/mol. The number of unbranched alkanes of at least 4 members (excludes halogenated alkanes) is 10. The third kappa shape index (κ3) is 17.9. The van der Waals surface area contributed by atoms with Crippen molar-refractivity contribution in [1.82, 2.24) is 0 Å². The first-order valence-corrected chi connectivity index (χ1v) is 15.6. The zero-order valence-electron chi connectivity index (χ0n) is 23.2. The minimum Gasteiger partial charge on any atom is -0.396 e. The van der Waals surface area contributed by atoms with Crippen LogP contribution >= 0.6 is 25.3 Å². The lowest BCUT2D eigenvalue weighted by molar-refractivity contribution is -0.111. The lowest BCUT2D eigenvalue weighted by atomic mass is 9.88. The van der Waals surface area contributed by atoms with Gasteiger partial charge in [0.1, 0.15) is 0 Å². The lowest BCUT2D eigenvalue weighted by Gasteiger charge is -2.18. The summed E-state index contributed by atoms with van der Waals surface area (Å²) < 4.78 is 0.